The fraction of sp³-hybridized carbons (Fsp3) is 0.167. The summed E-state index contributed by atoms with van der Waals surface area (Å²) in [6.07, 6.45) is -1.32. The van der Waals surface area contributed by atoms with Gasteiger partial charge in [0.15, 0.2) is 0 Å². The smallest absolute Gasteiger partial charge is 0.348 e. The number of hydrogen-bond acceptors (Lipinski definition) is 3. The van der Waals surface area contributed by atoms with Crippen LogP contribution in [-0.2, 0) is 19.3 Å². The number of nitrogens with zero attached hydrogens (tertiary/aromatic N) is 3. The normalized spacial score (nSPS) is 11.3. The molecule has 0 saturated heterocycles. The van der Waals surface area contributed by atoms with Gasteiger partial charge in [-0.3, -0.25) is 4.79 Å². The molecule has 0 radical (unpaired) electrons. The van der Waals surface area contributed by atoms with Gasteiger partial charge in [-0.05, 0) is 35.4 Å². The molecule has 5 nitrogen and oxygen atoms in total. The molecular weight excluding hydrogens is 345 g/mol. The van der Waals surface area contributed by atoms with Crippen LogP contribution in [-0.4, -0.2) is 20.7 Å². The van der Waals surface area contributed by atoms with Crippen molar-refractivity contribution in [1.29, 1.82) is 0 Å². The molecule has 1 aromatic heterocycles. The molecule has 0 aliphatic carbocycles. The largest absolute Gasteiger partial charge is 0.416 e. The zero-order valence-corrected chi connectivity index (χ0v) is 13.6. The topological polar surface area (TPSA) is 59.8 Å². The minimum absolute atomic E-state index is 0.150. The number of nitrogens with one attached hydrogen (secondary N) is 1. The number of carbonyl (C=O) groups is 1. The number of benzene rings is 2. The van der Waals surface area contributed by atoms with E-state index in [1.807, 2.05) is 12.1 Å². The average Bonchev–Trinajstić information content (AvgIpc) is 3.13. The fourth-order valence-corrected chi connectivity index (χ4v) is 2.36. The molecule has 8 heteroatoms. The molecule has 1 amide bonds. The highest BCUT2D eigenvalue weighted by molar-refractivity contribution is 5.94. The highest BCUT2D eigenvalue weighted by Gasteiger charge is 2.29. The van der Waals surface area contributed by atoms with E-state index in [0.717, 1.165) is 17.7 Å². The van der Waals surface area contributed by atoms with E-state index in [4.69, 9.17) is 0 Å². The first kappa shape index (κ1) is 17.7. The second kappa shape index (κ2) is 7.38. The van der Waals surface area contributed by atoms with Gasteiger partial charge in [0.25, 0.3) is 5.91 Å². The standard InChI is InChI=1S/C18H15F3N4O/c19-18(20,21)16-7-3-13(4-8-16)9-23-17(26)15-5-1-14(2-6-15)10-25-12-22-11-24-25/h1-8,11-12H,9-10H2,(H,23,26). The monoisotopic (exact) mass is 360 g/mol. The Balaban J connectivity index is 1.56. The average molecular weight is 360 g/mol. The summed E-state index contributed by atoms with van der Waals surface area (Å²) in [5.74, 6) is -0.294. The maximum atomic E-state index is 12.5. The van der Waals surface area contributed by atoms with Crippen LogP contribution >= 0.6 is 0 Å². The van der Waals surface area contributed by atoms with Crippen LogP contribution in [0.2, 0.25) is 0 Å². The van der Waals surface area contributed by atoms with Gasteiger partial charge < -0.3 is 5.32 Å². The van der Waals surface area contributed by atoms with Crippen molar-refractivity contribution < 1.29 is 18.0 Å². The van der Waals surface area contributed by atoms with Gasteiger partial charge in [0, 0.05) is 12.1 Å². The first-order valence-electron chi connectivity index (χ1n) is 7.77. The lowest BCUT2D eigenvalue weighted by molar-refractivity contribution is -0.137. The van der Waals surface area contributed by atoms with Crippen molar-refractivity contribution in [2.24, 2.45) is 0 Å². The van der Waals surface area contributed by atoms with Crippen molar-refractivity contribution in [3.63, 3.8) is 0 Å². The van der Waals surface area contributed by atoms with Crippen LogP contribution in [0.3, 0.4) is 0 Å². The molecule has 0 bridgehead atoms. The Morgan fingerprint density at radius 1 is 1.00 bits per heavy atom. The molecule has 0 spiro atoms. The summed E-state index contributed by atoms with van der Waals surface area (Å²) < 4.78 is 39.3. The second-order valence-corrected chi connectivity index (χ2v) is 5.67. The summed E-state index contributed by atoms with van der Waals surface area (Å²) in [7, 11) is 0. The zero-order chi connectivity index (χ0) is 18.6. The van der Waals surface area contributed by atoms with E-state index in [-0.39, 0.29) is 12.5 Å². The maximum absolute atomic E-state index is 12.5. The highest BCUT2D eigenvalue weighted by atomic mass is 19.4. The van der Waals surface area contributed by atoms with Crippen LogP contribution in [0.4, 0.5) is 13.2 Å². The summed E-state index contributed by atoms with van der Waals surface area (Å²) >= 11 is 0. The second-order valence-electron chi connectivity index (χ2n) is 5.67. The van der Waals surface area contributed by atoms with Crippen molar-refractivity contribution in [3.05, 3.63) is 83.4 Å². The molecule has 0 unspecified atom stereocenters. The minimum atomic E-state index is -4.37. The SMILES string of the molecule is O=C(NCc1ccc(C(F)(F)F)cc1)c1ccc(Cn2cncn2)cc1. The number of aromatic nitrogens is 3. The van der Waals surface area contributed by atoms with Crippen molar-refractivity contribution in [1.82, 2.24) is 20.1 Å². The minimum Gasteiger partial charge on any atom is -0.348 e. The molecule has 0 aliphatic rings. The maximum Gasteiger partial charge on any atom is 0.416 e. The molecule has 3 rings (SSSR count). The van der Waals surface area contributed by atoms with Gasteiger partial charge in [0.1, 0.15) is 12.7 Å². The number of rotatable bonds is 5. The number of halogens is 3. The van der Waals surface area contributed by atoms with Crippen molar-refractivity contribution in [2.75, 3.05) is 0 Å². The molecule has 3 aromatic rings. The predicted octanol–water partition coefficient (Wildman–Crippen LogP) is 3.28. The van der Waals surface area contributed by atoms with Crippen LogP contribution in [0, 0.1) is 0 Å². The van der Waals surface area contributed by atoms with Gasteiger partial charge in [-0.25, -0.2) is 9.67 Å². The van der Waals surface area contributed by atoms with Crippen LogP contribution < -0.4 is 5.32 Å². The van der Waals surface area contributed by atoms with Gasteiger partial charge in [-0.15, -0.1) is 0 Å². The molecule has 134 valence electrons. The Kier molecular flexibility index (Phi) is 5.01. The molecule has 2 aromatic carbocycles. The van der Waals surface area contributed by atoms with E-state index in [2.05, 4.69) is 15.4 Å². The lowest BCUT2D eigenvalue weighted by Gasteiger charge is -2.09. The van der Waals surface area contributed by atoms with Crippen molar-refractivity contribution in [2.45, 2.75) is 19.3 Å². The number of carbonyl (C=O) groups excluding carboxylic acids is 1. The lowest BCUT2D eigenvalue weighted by Crippen LogP contribution is -2.22. The number of hydrogen-bond donors (Lipinski definition) is 1. The first-order chi connectivity index (χ1) is 12.4. The van der Waals surface area contributed by atoms with E-state index >= 15 is 0 Å². The summed E-state index contributed by atoms with van der Waals surface area (Å²) in [5, 5.41) is 6.70. The Labute approximate surface area is 147 Å². The van der Waals surface area contributed by atoms with E-state index in [1.165, 1.54) is 18.5 Å². The highest BCUT2D eigenvalue weighted by Crippen LogP contribution is 2.29. The van der Waals surface area contributed by atoms with E-state index in [9.17, 15) is 18.0 Å². The molecular formula is C18H15F3N4O. The quantitative estimate of drug-likeness (QED) is 0.760. The summed E-state index contributed by atoms with van der Waals surface area (Å²) in [6.45, 7) is 0.700. The third-order valence-electron chi connectivity index (χ3n) is 3.76. The van der Waals surface area contributed by atoms with Gasteiger partial charge in [-0.1, -0.05) is 24.3 Å². The van der Waals surface area contributed by atoms with Crippen LogP contribution in [0.5, 0.6) is 0 Å². The Bertz CT molecular complexity index is 857. The van der Waals surface area contributed by atoms with Gasteiger partial charge in [0.2, 0.25) is 0 Å². The molecule has 1 N–H and O–H groups in total. The molecule has 1 heterocycles. The molecule has 26 heavy (non-hydrogen) atoms. The van der Waals surface area contributed by atoms with Gasteiger partial charge in [0.05, 0.1) is 12.1 Å². The zero-order valence-electron chi connectivity index (χ0n) is 13.6. The third kappa shape index (κ3) is 4.47. The van der Waals surface area contributed by atoms with Crippen LogP contribution in [0.15, 0.2) is 61.2 Å². The molecule has 0 saturated carbocycles. The predicted molar refractivity (Wildman–Crippen MR) is 88.2 cm³/mol. The Hall–Kier alpha value is -3.16. The molecule has 0 aliphatic heterocycles. The summed E-state index contributed by atoms with van der Waals surface area (Å²) in [4.78, 5) is 16.0. The molecule has 0 fully saturated rings. The first-order valence-corrected chi connectivity index (χ1v) is 7.77. The van der Waals surface area contributed by atoms with E-state index in [0.29, 0.717) is 17.7 Å². The summed E-state index contributed by atoms with van der Waals surface area (Å²) in [5.41, 5.74) is 1.32. The lowest BCUT2D eigenvalue weighted by atomic mass is 10.1. The summed E-state index contributed by atoms with van der Waals surface area (Å²) in [6, 6.07) is 11.7. The Morgan fingerprint density at radius 2 is 1.65 bits per heavy atom. The van der Waals surface area contributed by atoms with E-state index < -0.39 is 11.7 Å². The van der Waals surface area contributed by atoms with Crippen LogP contribution in [0.1, 0.15) is 27.0 Å². The van der Waals surface area contributed by atoms with Gasteiger partial charge >= 0.3 is 6.18 Å². The van der Waals surface area contributed by atoms with Crippen molar-refractivity contribution in [3.8, 4) is 0 Å². The van der Waals surface area contributed by atoms with Crippen LogP contribution in [0.25, 0.3) is 0 Å². The third-order valence-corrected chi connectivity index (χ3v) is 3.76. The van der Waals surface area contributed by atoms with Gasteiger partial charge in [-0.2, -0.15) is 18.3 Å². The number of amides is 1. The number of alkyl halides is 3. The van der Waals surface area contributed by atoms with E-state index in [1.54, 1.807) is 23.1 Å². The van der Waals surface area contributed by atoms with Crippen molar-refractivity contribution >= 4 is 5.91 Å². The Morgan fingerprint density at radius 3 is 2.23 bits per heavy atom. The fourth-order valence-electron chi connectivity index (χ4n) is 2.36. The molecule has 0 atom stereocenters.